The topological polar surface area (TPSA) is 40.6 Å². The normalized spacial score (nSPS) is 21.0. The second-order valence-corrected chi connectivity index (χ2v) is 8.43. The summed E-state index contributed by atoms with van der Waals surface area (Å²) < 4.78 is 0.562. The lowest BCUT2D eigenvalue weighted by atomic mass is 9.98. The SMILES string of the molecule is CCCCC(CC)CN1C(=O)C(=C2C(=O)N(C)c3ccccc32)SC1=S. The van der Waals surface area contributed by atoms with Crippen molar-refractivity contribution in [2.75, 3.05) is 18.5 Å². The van der Waals surface area contributed by atoms with Crippen LogP contribution >= 0.6 is 24.0 Å². The summed E-state index contributed by atoms with van der Waals surface area (Å²) >= 11 is 6.75. The van der Waals surface area contributed by atoms with E-state index in [1.54, 1.807) is 16.8 Å². The van der Waals surface area contributed by atoms with Gasteiger partial charge < -0.3 is 4.90 Å². The van der Waals surface area contributed by atoms with Crippen molar-refractivity contribution >= 4 is 51.4 Å². The Labute approximate surface area is 164 Å². The first kappa shape index (κ1) is 19.1. The molecule has 0 radical (unpaired) electrons. The highest BCUT2D eigenvalue weighted by Crippen LogP contribution is 2.44. The number of hydrogen-bond acceptors (Lipinski definition) is 4. The molecule has 0 aliphatic carbocycles. The Balaban J connectivity index is 1.91. The number of anilines is 1. The number of thioether (sulfide) groups is 1. The van der Waals surface area contributed by atoms with Crippen LogP contribution < -0.4 is 4.90 Å². The van der Waals surface area contributed by atoms with Crippen LogP contribution in [0.1, 0.15) is 45.1 Å². The molecule has 2 heterocycles. The van der Waals surface area contributed by atoms with Crippen molar-refractivity contribution in [3.05, 3.63) is 34.7 Å². The number of para-hydroxylation sites is 1. The first-order valence-electron chi connectivity index (χ1n) is 9.14. The van der Waals surface area contributed by atoms with Gasteiger partial charge in [0, 0.05) is 19.2 Å². The van der Waals surface area contributed by atoms with E-state index in [4.69, 9.17) is 12.2 Å². The van der Waals surface area contributed by atoms with E-state index in [9.17, 15) is 9.59 Å². The second-order valence-electron chi connectivity index (χ2n) is 6.79. The fourth-order valence-electron chi connectivity index (χ4n) is 3.47. The Hall–Kier alpha value is -1.66. The summed E-state index contributed by atoms with van der Waals surface area (Å²) in [5.74, 6) is 0.184. The highest BCUT2D eigenvalue weighted by Gasteiger charge is 2.41. The number of rotatable bonds is 6. The van der Waals surface area contributed by atoms with E-state index in [2.05, 4.69) is 13.8 Å². The maximum atomic E-state index is 13.1. The minimum atomic E-state index is -0.135. The molecular weight excluding hydrogens is 364 g/mol. The molecule has 1 aromatic rings. The molecule has 0 bridgehead atoms. The summed E-state index contributed by atoms with van der Waals surface area (Å²) in [5.41, 5.74) is 2.15. The highest BCUT2D eigenvalue weighted by atomic mass is 32.2. The van der Waals surface area contributed by atoms with Crippen molar-refractivity contribution in [3.8, 4) is 0 Å². The number of amides is 2. The van der Waals surface area contributed by atoms with E-state index >= 15 is 0 Å². The molecule has 3 rings (SSSR count). The molecule has 0 saturated carbocycles. The maximum absolute atomic E-state index is 13.1. The number of carbonyl (C=O) groups excluding carboxylic acids is 2. The fraction of sp³-hybridized carbons (Fsp3) is 0.450. The third-order valence-electron chi connectivity index (χ3n) is 5.11. The molecule has 1 atom stereocenters. The van der Waals surface area contributed by atoms with Crippen LogP contribution in [0.3, 0.4) is 0 Å². The smallest absolute Gasteiger partial charge is 0.267 e. The minimum Gasteiger partial charge on any atom is -0.311 e. The van der Waals surface area contributed by atoms with Gasteiger partial charge in [0.05, 0.1) is 16.2 Å². The summed E-state index contributed by atoms with van der Waals surface area (Å²) in [6.07, 6.45) is 4.43. The molecule has 2 aliphatic heterocycles. The van der Waals surface area contributed by atoms with Gasteiger partial charge in [-0.05, 0) is 18.4 Å². The molecule has 1 unspecified atom stereocenters. The van der Waals surface area contributed by atoms with Gasteiger partial charge in [0.1, 0.15) is 4.32 Å². The Kier molecular flexibility index (Phi) is 5.82. The van der Waals surface area contributed by atoms with Crippen LogP contribution in [0.15, 0.2) is 29.2 Å². The minimum absolute atomic E-state index is 0.122. The molecule has 1 aromatic carbocycles. The van der Waals surface area contributed by atoms with Gasteiger partial charge in [0.2, 0.25) is 0 Å². The average Bonchev–Trinajstić information content (AvgIpc) is 3.06. The van der Waals surface area contributed by atoms with Gasteiger partial charge in [-0.3, -0.25) is 14.5 Å². The fourth-order valence-corrected chi connectivity index (χ4v) is 4.82. The van der Waals surface area contributed by atoms with Gasteiger partial charge in [-0.2, -0.15) is 0 Å². The third kappa shape index (κ3) is 3.32. The average molecular weight is 389 g/mol. The molecule has 1 fully saturated rings. The van der Waals surface area contributed by atoms with Crippen molar-refractivity contribution in [1.29, 1.82) is 0 Å². The zero-order valence-electron chi connectivity index (χ0n) is 15.4. The van der Waals surface area contributed by atoms with Crippen LogP contribution in [0.5, 0.6) is 0 Å². The largest absolute Gasteiger partial charge is 0.311 e. The number of thiocarbonyl (C=S) groups is 1. The number of benzene rings is 1. The van der Waals surface area contributed by atoms with Gasteiger partial charge in [-0.15, -0.1) is 0 Å². The number of hydrogen-bond donors (Lipinski definition) is 0. The van der Waals surface area contributed by atoms with Crippen LogP contribution in [0.2, 0.25) is 0 Å². The molecule has 138 valence electrons. The second kappa shape index (κ2) is 7.92. The van der Waals surface area contributed by atoms with Crippen molar-refractivity contribution in [3.63, 3.8) is 0 Å². The van der Waals surface area contributed by atoms with Crippen LogP contribution in [0, 0.1) is 5.92 Å². The Morgan fingerprint density at radius 2 is 1.88 bits per heavy atom. The highest BCUT2D eigenvalue weighted by molar-refractivity contribution is 8.26. The Bertz CT molecular complexity index is 788. The van der Waals surface area contributed by atoms with Crippen molar-refractivity contribution in [2.45, 2.75) is 39.5 Å². The molecule has 0 N–H and O–H groups in total. The van der Waals surface area contributed by atoms with Gasteiger partial charge in [-0.25, -0.2) is 0 Å². The van der Waals surface area contributed by atoms with Crippen molar-refractivity contribution in [2.24, 2.45) is 5.92 Å². The van der Waals surface area contributed by atoms with E-state index in [0.29, 0.717) is 27.3 Å². The zero-order chi connectivity index (χ0) is 18.8. The predicted molar refractivity (Wildman–Crippen MR) is 112 cm³/mol. The van der Waals surface area contributed by atoms with Crippen molar-refractivity contribution < 1.29 is 9.59 Å². The number of unbranched alkanes of at least 4 members (excludes halogenated alkanes) is 1. The van der Waals surface area contributed by atoms with E-state index in [1.807, 2.05) is 24.3 Å². The molecule has 6 heteroatoms. The Morgan fingerprint density at radius 3 is 2.58 bits per heavy atom. The standard InChI is InChI=1S/C20H24N2O2S2/c1-4-6-9-13(5-2)12-22-19(24)17(26-20(22)25)16-14-10-7-8-11-15(14)21(3)18(16)23/h7-8,10-11,13H,4-6,9,12H2,1-3H3. The molecule has 2 aliphatic rings. The quantitative estimate of drug-likeness (QED) is 0.533. The summed E-state index contributed by atoms with van der Waals surface area (Å²) in [6.45, 7) is 4.97. The molecule has 26 heavy (non-hydrogen) atoms. The number of fused-ring (bicyclic) bond motifs is 1. The lowest BCUT2D eigenvalue weighted by molar-refractivity contribution is -0.123. The number of carbonyl (C=O) groups is 2. The first-order chi connectivity index (χ1) is 12.5. The summed E-state index contributed by atoms with van der Waals surface area (Å²) in [6, 6.07) is 7.59. The number of nitrogens with zero attached hydrogens (tertiary/aromatic N) is 2. The van der Waals surface area contributed by atoms with Gasteiger partial charge >= 0.3 is 0 Å². The van der Waals surface area contributed by atoms with Crippen molar-refractivity contribution in [1.82, 2.24) is 4.90 Å². The summed E-state index contributed by atoms with van der Waals surface area (Å²) in [4.78, 5) is 29.6. The van der Waals surface area contributed by atoms with Crippen LogP contribution in [-0.4, -0.2) is 34.6 Å². The first-order valence-corrected chi connectivity index (χ1v) is 10.4. The Morgan fingerprint density at radius 1 is 1.15 bits per heavy atom. The molecule has 1 saturated heterocycles. The molecular formula is C20H24N2O2S2. The van der Waals surface area contributed by atoms with E-state index in [0.717, 1.165) is 36.9 Å². The van der Waals surface area contributed by atoms with Crippen LogP contribution in [0.25, 0.3) is 5.57 Å². The number of likely N-dealkylation sites (N-methyl/N-ethyl adjacent to an activating group) is 1. The zero-order valence-corrected chi connectivity index (χ0v) is 17.1. The summed E-state index contributed by atoms with van der Waals surface area (Å²) in [5, 5.41) is 0. The van der Waals surface area contributed by atoms with Crippen LogP contribution in [0.4, 0.5) is 5.69 Å². The van der Waals surface area contributed by atoms with E-state index < -0.39 is 0 Å². The molecule has 4 nitrogen and oxygen atoms in total. The molecule has 0 aromatic heterocycles. The van der Waals surface area contributed by atoms with E-state index in [-0.39, 0.29) is 11.8 Å². The summed E-state index contributed by atoms with van der Waals surface area (Å²) in [7, 11) is 1.74. The molecule has 2 amide bonds. The predicted octanol–water partition coefficient (Wildman–Crippen LogP) is 4.45. The van der Waals surface area contributed by atoms with Gasteiger partial charge in [0.25, 0.3) is 11.8 Å². The van der Waals surface area contributed by atoms with E-state index in [1.165, 1.54) is 11.8 Å². The lowest BCUT2D eigenvalue weighted by Gasteiger charge is -2.21. The van der Waals surface area contributed by atoms with Gasteiger partial charge in [0.15, 0.2) is 0 Å². The lowest BCUT2D eigenvalue weighted by Crippen LogP contribution is -2.33. The van der Waals surface area contributed by atoms with Crippen LogP contribution in [-0.2, 0) is 9.59 Å². The van der Waals surface area contributed by atoms with Gasteiger partial charge in [-0.1, -0.05) is 75.3 Å². The third-order valence-corrected chi connectivity index (χ3v) is 6.56. The molecule has 0 spiro atoms. The monoisotopic (exact) mass is 388 g/mol. The maximum Gasteiger partial charge on any atom is 0.267 e.